The normalized spacial score (nSPS) is 10.1. The van der Waals surface area contributed by atoms with Crippen LogP contribution in [0.15, 0.2) is 54.6 Å². The average molecular weight is 415 g/mol. The average Bonchev–Trinajstić information content (AvgIpc) is 2.71. The van der Waals surface area contributed by atoms with E-state index in [1.54, 1.807) is 6.07 Å². The van der Waals surface area contributed by atoms with E-state index in [1.807, 2.05) is 55.5 Å². The molecular formula is C22H26N2O4S. The van der Waals surface area contributed by atoms with Gasteiger partial charge in [0.2, 0.25) is 5.91 Å². The standard InChI is InChI=1S/C22H26N2O4S/c1-2-27-19-12-6-11-18(16-19)23-22(29)24-20(25)13-14-21(26)28-15-7-10-17-8-4-3-5-9-17/h3-6,8-9,11-12,16H,2,7,10,13-15H2,1H3,(H2,23,24,25,29). The first-order valence-corrected chi connectivity index (χ1v) is 10.0. The van der Waals surface area contributed by atoms with Crippen molar-refractivity contribution < 1.29 is 19.1 Å². The molecule has 0 aliphatic carbocycles. The summed E-state index contributed by atoms with van der Waals surface area (Å²) in [5.41, 5.74) is 1.91. The van der Waals surface area contributed by atoms with Crippen LogP contribution in [0.3, 0.4) is 0 Å². The highest BCUT2D eigenvalue weighted by molar-refractivity contribution is 7.80. The Bertz CT molecular complexity index is 811. The summed E-state index contributed by atoms with van der Waals surface area (Å²) in [5.74, 6) is -0.0251. The number of carbonyl (C=O) groups excluding carboxylic acids is 2. The van der Waals surface area contributed by atoms with Crippen LogP contribution in [0.5, 0.6) is 5.75 Å². The van der Waals surface area contributed by atoms with Crippen LogP contribution in [-0.2, 0) is 20.7 Å². The summed E-state index contributed by atoms with van der Waals surface area (Å²) in [6.45, 7) is 2.80. The molecule has 2 aromatic carbocycles. The van der Waals surface area contributed by atoms with E-state index in [-0.39, 0.29) is 23.9 Å². The number of benzene rings is 2. The van der Waals surface area contributed by atoms with Crippen molar-refractivity contribution >= 4 is 34.9 Å². The molecule has 0 fully saturated rings. The smallest absolute Gasteiger partial charge is 0.306 e. The fraction of sp³-hybridized carbons (Fsp3) is 0.318. The molecule has 2 rings (SSSR count). The van der Waals surface area contributed by atoms with Gasteiger partial charge in [-0.1, -0.05) is 36.4 Å². The van der Waals surface area contributed by atoms with Crippen molar-refractivity contribution in [3.63, 3.8) is 0 Å². The fourth-order valence-corrected chi connectivity index (χ4v) is 2.81. The Morgan fingerprint density at radius 1 is 1.03 bits per heavy atom. The molecule has 1 amide bonds. The third kappa shape index (κ3) is 9.21. The Hall–Kier alpha value is -2.93. The molecule has 0 bridgehead atoms. The van der Waals surface area contributed by atoms with Gasteiger partial charge in [0, 0.05) is 18.2 Å². The van der Waals surface area contributed by atoms with Gasteiger partial charge in [-0.05, 0) is 49.7 Å². The first-order chi connectivity index (χ1) is 14.1. The molecule has 0 radical (unpaired) electrons. The molecule has 7 heteroatoms. The van der Waals surface area contributed by atoms with Crippen molar-refractivity contribution in [2.24, 2.45) is 0 Å². The van der Waals surface area contributed by atoms with Gasteiger partial charge in [0.15, 0.2) is 5.11 Å². The van der Waals surface area contributed by atoms with E-state index in [2.05, 4.69) is 10.6 Å². The summed E-state index contributed by atoms with van der Waals surface area (Å²) in [6, 6.07) is 17.3. The Morgan fingerprint density at radius 2 is 1.83 bits per heavy atom. The lowest BCUT2D eigenvalue weighted by Crippen LogP contribution is -2.34. The molecule has 6 nitrogen and oxygen atoms in total. The van der Waals surface area contributed by atoms with E-state index in [0.717, 1.165) is 12.8 Å². The topological polar surface area (TPSA) is 76.7 Å². The number of rotatable bonds is 10. The van der Waals surface area contributed by atoms with Gasteiger partial charge in [0.05, 0.1) is 19.6 Å². The van der Waals surface area contributed by atoms with E-state index in [0.29, 0.717) is 24.7 Å². The number of nitrogens with one attached hydrogen (secondary N) is 2. The number of esters is 1. The van der Waals surface area contributed by atoms with Crippen LogP contribution in [0.2, 0.25) is 0 Å². The minimum atomic E-state index is -0.392. The van der Waals surface area contributed by atoms with E-state index in [9.17, 15) is 9.59 Å². The number of hydrogen-bond acceptors (Lipinski definition) is 5. The highest BCUT2D eigenvalue weighted by Gasteiger charge is 2.10. The minimum absolute atomic E-state index is 0.0122. The van der Waals surface area contributed by atoms with Crippen molar-refractivity contribution in [2.45, 2.75) is 32.6 Å². The largest absolute Gasteiger partial charge is 0.494 e. The molecular weight excluding hydrogens is 388 g/mol. The van der Waals surface area contributed by atoms with Gasteiger partial charge in [-0.25, -0.2) is 0 Å². The van der Waals surface area contributed by atoms with Crippen LogP contribution in [0, 0.1) is 0 Å². The molecule has 0 saturated carbocycles. The monoisotopic (exact) mass is 414 g/mol. The van der Waals surface area contributed by atoms with Gasteiger partial charge in [0.25, 0.3) is 0 Å². The first-order valence-electron chi connectivity index (χ1n) is 9.60. The number of aryl methyl sites for hydroxylation is 1. The summed E-state index contributed by atoms with van der Waals surface area (Å²) < 4.78 is 10.6. The van der Waals surface area contributed by atoms with E-state index < -0.39 is 5.97 Å². The lowest BCUT2D eigenvalue weighted by atomic mass is 10.1. The van der Waals surface area contributed by atoms with Crippen LogP contribution >= 0.6 is 12.2 Å². The number of thiocarbonyl (C=S) groups is 1. The molecule has 0 unspecified atom stereocenters. The molecule has 2 aromatic rings. The molecule has 154 valence electrons. The Morgan fingerprint density at radius 3 is 2.59 bits per heavy atom. The lowest BCUT2D eigenvalue weighted by Gasteiger charge is -2.11. The number of anilines is 1. The quantitative estimate of drug-likeness (QED) is 0.349. The third-order valence-corrected chi connectivity index (χ3v) is 4.13. The maximum absolute atomic E-state index is 12.0. The predicted octanol–water partition coefficient (Wildman–Crippen LogP) is 3.85. The zero-order valence-corrected chi connectivity index (χ0v) is 17.3. The van der Waals surface area contributed by atoms with Gasteiger partial charge in [0.1, 0.15) is 5.75 Å². The van der Waals surface area contributed by atoms with Crippen LogP contribution in [0.1, 0.15) is 31.7 Å². The van der Waals surface area contributed by atoms with Gasteiger partial charge in [-0.3, -0.25) is 9.59 Å². The zero-order chi connectivity index (χ0) is 20.9. The van der Waals surface area contributed by atoms with Gasteiger partial charge in [-0.2, -0.15) is 0 Å². The Balaban J connectivity index is 1.61. The van der Waals surface area contributed by atoms with Crippen LogP contribution in [0.25, 0.3) is 0 Å². The number of ether oxygens (including phenoxy) is 2. The molecule has 0 heterocycles. The molecule has 0 aliphatic heterocycles. The highest BCUT2D eigenvalue weighted by Crippen LogP contribution is 2.17. The van der Waals surface area contributed by atoms with Gasteiger partial charge < -0.3 is 20.1 Å². The van der Waals surface area contributed by atoms with Gasteiger partial charge in [-0.15, -0.1) is 0 Å². The summed E-state index contributed by atoms with van der Waals surface area (Å²) in [7, 11) is 0. The zero-order valence-electron chi connectivity index (χ0n) is 16.5. The Labute approximate surface area is 176 Å². The second-order valence-electron chi connectivity index (χ2n) is 6.27. The maximum atomic E-state index is 12.0. The Kier molecular flexibility index (Phi) is 9.65. The van der Waals surface area contributed by atoms with E-state index in [4.69, 9.17) is 21.7 Å². The van der Waals surface area contributed by atoms with E-state index >= 15 is 0 Å². The minimum Gasteiger partial charge on any atom is -0.494 e. The summed E-state index contributed by atoms with van der Waals surface area (Å²) in [4.78, 5) is 23.7. The van der Waals surface area contributed by atoms with Crippen LogP contribution < -0.4 is 15.4 Å². The highest BCUT2D eigenvalue weighted by atomic mass is 32.1. The molecule has 2 N–H and O–H groups in total. The van der Waals surface area contributed by atoms with E-state index in [1.165, 1.54) is 5.56 Å². The molecule has 0 spiro atoms. The van der Waals surface area contributed by atoms with Crippen molar-refractivity contribution in [1.29, 1.82) is 0 Å². The number of carbonyl (C=O) groups is 2. The summed E-state index contributed by atoms with van der Waals surface area (Å²) in [6.07, 6.45) is 1.62. The number of hydrogen-bond donors (Lipinski definition) is 2. The SMILES string of the molecule is CCOc1cccc(NC(=S)NC(=O)CCC(=O)OCCCc2ccccc2)c1. The van der Waals surface area contributed by atoms with Gasteiger partial charge >= 0.3 is 5.97 Å². The fourth-order valence-electron chi connectivity index (χ4n) is 2.58. The molecule has 0 atom stereocenters. The second kappa shape index (κ2) is 12.5. The third-order valence-electron chi connectivity index (χ3n) is 3.93. The summed E-state index contributed by atoms with van der Waals surface area (Å²) in [5, 5.41) is 5.64. The van der Waals surface area contributed by atoms with Crippen molar-refractivity contribution in [2.75, 3.05) is 18.5 Å². The van der Waals surface area contributed by atoms with Crippen molar-refractivity contribution in [3.8, 4) is 5.75 Å². The molecule has 0 saturated heterocycles. The van der Waals surface area contributed by atoms with Crippen molar-refractivity contribution in [1.82, 2.24) is 5.32 Å². The molecule has 0 aromatic heterocycles. The number of amides is 1. The molecule has 29 heavy (non-hydrogen) atoms. The lowest BCUT2D eigenvalue weighted by molar-refractivity contribution is -0.145. The molecule has 0 aliphatic rings. The van der Waals surface area contributed by atoms with Crippen LogP contribution in [0.4, 0.5) is 5.69 Å². The van der Waals surface area contributed by atoms with Crippen molar-refractivity contribution in [3.05, 3.63) is 60.2 Å². The van der Waals surface area contributed by atoms with Crippen LogP contribution in [-0.4, -0.2) is 30.2 Å². The second-order valence-corrected chi connectivity index (χ2v) is 6.68. The first kappa shape index (κ1) is 22.4. The maximum Gasteiger partial charge on any atom is 0.306 e. The predicted molar refractivity (Wildman–Crippen MR) is 117 cm³/mol. The summed E-state index contributed by atoms with van der Waals surface area (Å²) >= 11 is 5.13.